The molecule has 0 saturated carbocycles. The van der Waals surface area contributed by atoms with Gasteiger partial charge in [0.05, 0.1) is 5.56 Å². The van der Waals surface area contributed by atoms with Crippen molar-refractivity contribution >= 4 is 11.7 Å². The zero-order valence-electron chi connectivity index (χ0n) is 11.4. The van der Waals surface area contributed by atoms with Crippen molar-refractivity contribution in [1.29, 1.82) is 0 Å². The third kappa shape index (κ3) is 3.13. The van der Waals surface area contributed by atoms with Gasteiger partial charge in [0.15, 0.2) is 0 Å². The molecule has 98 valence electrons. The number of aryl methyl sites for hydroxylation is 1. The van der Waals surface area contributed by atoms with Gasteiger partial charge in [0, 0.05) is 19.8 Å². The Kier molecular flexibility index (Phi) is 3.85. The molecule has 0 aliphatic carbocycles. The van der Waals surface area contributed by atoms with E-state index in [1.807, 2.05) is 56.3 Å². The van der Waals surface area contributed by atoms with Crippen LogP contribution in [0.1, 0.15) is 15.9 Å². The number of anilines is 1. The number of esters is 1. The number of benzene rings is 2. The lowest BCUT2D eigenvalue weighted by Crippen LogP contribution is -2.11. The zero-order chi connectivity index (χ0) is 13.8. The summed E-state index contributed by atoms with van der Waals surface area (Å²) in [7, 11) is 3.92. The van der Waals surface area contributed by atoms with E-state index >= 15 is 0 Å². The molecular weight excluding hydrogens is 238 g/mol. The van der Waals surface area contributed by atoms with Crippen molar-refractivity contribution in [3.63, 3.8) is 0 Å². The lowest BCUT2D eigenvalue weighted by Gasteiger charge is -2.12. The molecule has 0 bridgehead atoms. The van der Waals surface area contributed by atoms with E-state index in [4.69, 9.17) is 4.74 Å². The summed E-state index contributed by atoms with van der Waals surface area (Å²) in [6.07, 6.45) is 0. The van der Waals surface area contributed by atoms with Crippen molar-refractivity contribution in [1.82, 2.24) is 0 Å². The molecule has 0 atom stereocenters. The molecule has 0 aromatic heterocycles. The first-order valence-electron chi connectivity index (χ1n) is 6.13. The minimum Gasteiger partial charge on any atom is -0.423 e. The monoisotopic (exact) mass is 255 g/mol. The van der Waals surface area contributed by atoms with E-state index in [-0.39, 0.29) is 5.97 Å². The average Bonchev–Trinajstić information content (AvgIpc) is 2.41. The highest BCUT2D eigenvalue weighted by Gasteiger charge is 2.09. The fourth-order valence-corrected chi connectivity index (χ4v) is 1.73. The van der Waals surface area contributed by atoms with E-state index in [2.05, 4.69) is 0 Å². The van der Waals surface area contributed by atoms with Crippen molar-refractivity contribution in [2.75, 3.05) is 19.0 Å². The van der Waals surface area contributed by atoms with Crippen LogP contribution in [-0.2, 0) is 0 Å². The van der Waals surface area contributed by atoms with Gasteiger partial charge in [0.25, 0.3) is 0 Å². The van der Waals surface area contributed by atoms with Crippen molar-refractivity contribution in [3.05, 3.63) is 59.7 Å². The maximum absolute atomic E-state index is 12.0. The molecule has 2 aromatic carbocycles. The van der Waals surface area contributed by atoms with Gasteiger partial charge in [-0.25, -0.2) is 4.79 Å². The van der Waals surface area contributed by atoms with E-state index in [9.17, 15) is 4.79 Å². The van der Waals surface area contributed by atoms with E-state index in [0.29, 0.717) is 11.3 Å². The summed E-state index contributed by atoms with van der Waals surface area (Å²) in [4.78, 5) is 14.0. The third-order valence-corrected chi connectivity index (χ3v) is 2.92. The Morgan fingerprint density at radius 3 is 2.21 bits per heavy atom. The van der Waals surface area contributed by atoms with Crippen LogP contribution >= 0.6 is 0 Å². The Morgan fingerprint density at radius 2 is 1.63 bits per heavy atom. The van der Waals surface area contributed by atoms with Crippen LogP contribution in [0.3, 0.4) is 0 Å². The number of ether oxygens (including phenoxy) is 1. The number of nitrogens with zero attached hydrogens (tertiary/aromatic N) is 1. The van der Waals surface area contributed by atoms with Gasteiger partial charge in [-0.15, -0.1) is 0 Å². The van der Waals surface area contributed by atoms with Crippen LogP contribution in [0.4, 0.5) is 5.69 Å². The largest absolute Gasteiger partial charge is 0.423 e. The van der Waals surface area contributed by atoms with Gasteiger partial charge in [-0.05, 0) is 42.8 Å². The van der Waals surface area contributed by atoms with Crippen LogP contribution in [-0.4, -0.2) is 20.1 Å². The van der Waals surface area contributed by atoms with Crippen molar-refractivity contribution in [3.8, 4) is 5.75 Å². The maximum Gasteiger partial charge on any atom is 0.343 e. The molecule has 0 fully saturated rings. The van der Waals surface area contributed by atoms with E-state index < -0.39 is 0 Å². The minimum absolute atomic E-state index is 0.334. The molecule has 0 aliphatic heterocycles. The number of para-hydroxylation sites is 1. The fourth-order valence-electron chi connectivity index (χ4n) is 1.73. The van der Waals surface area contributed by atoms with Crippen LogP contribution in [0.5, 0.6) is 5.75 Å². The second kappa shape index (κ2) is 5.57. The van der Waals surface area contributed by atoms with Crippen LogP contribution in [0.25, 0.3) is 0 Å². The molecule has 0 heterocycles. The quantitative estimate of drug-likeness (QED) is 0.622. The molecule has 0 spiro atoms. The molecule has 3 nitrogen and oxygen atoms in total. The van der Waals surface area contributed by atoms with E-state index in [1.54, 1.807) is 18.2 Å². The smallest absolute Gasteiger partial charge is 0.343 e. The molecular formula is C16H17NO2. The second-order valence-electron chi connectivity index (χ2n) is 4.60. The summed E-state index contributed by atoms with van der Waals surface area (Å²) in [5.41, 5.74) is 2.54. The third-order valence-electron chi connectivity index (χ3n) is 2.92. The van der Waals surface area contributed by atoms with Crippen LogP contribution in [0.15, 0.2) is 48.5 Å². The molecule has 0 amide bonds. The Balaban J connectivity index is 2.14. The minimum atomic E-state index is -0.334. The summed E-state index contributed by atoms with van der Waals surface area (Å²) >= 11 is 0. The predicted molar refractivity (Wildman–Crippen MR) is 76.9 cm³/mol. The SMILES string of the molecule is Cc1ccccc1OC(=O)c1ccc(N(C)C)cc1. The Bertz CT molecular complexity index is 574. The average molecular weight is 255 g/mol. The van der Waals surface area contributed by atoms with Gasteiger partial charge >= 0.3 is 5.97 Å². The summed E-state index contributed by atoms with van der Waals surface area (Å²) in [6, 6.07) is 14.8. The molecule has 3 heteroatoms. The van der Waals surface area contributed by atoms with Gasteiger partial charge in [-0.2, -0.15) is 0 Å². The Morgan fingerprint density at radius 1 is 1.00 bits per heavy atom. The highest BCUT2D eigenvalue weighted by Crippen LogP contribution is 2.19. The van der Waals surface area contributed by atoms with E-state index in [0.717, 1.165) is 11.3 Å². The van der Waals surface area contributed by atoms with E-state index in [1.165, 1.54) is 0 Å². The molecule has 19 heavy (non-hydrogen) atoms. The lowest BCUT2D eigenvalue weighted by atomic mass is 10.2. The first-order valence-corrected chi connectivity index (χ1v) is 6.13. The molecule has 2 rings (SSSR count). The number of rotatable bonds is 3. The van der Waals surface area contributed by atoms with Gasteiger partial charge in [-0.3, -0.25) is 0 Å². The summed E-state index contributed by atoms with van der Waals surface area (Å²) < 4.78 is 5.38. The van der Waals surface area contributed by atoms with Crippen molar-refractivity contribution in [2.24, 2.45) is 0 Å². The Labute approximate surface area is 113 Å². The lowest BCUT2D eigenvalue weighted by molar-refractivity contribution is 0.0733. The second-order valence-corrected chi connectivity index (χ2v) is 4.60. The molecule has 2 aromatic rings. The van der Waals surface area contributed by atoms with Gasteiger partial charge in [-0.1, -0.05) is 18.2 Å². The highest BCUT2D eigenvalue weighted by atomic mass is 16.5. The van der Waals surface area contributed by atoms with Crippen molar-refractivity contribution < 1.29 is 9.53 Å². The first-order chi connectivity index (χ1) is 9.08. The molecule has 0 N–H and O–H groups in total. The summed E-state index contributed by atoms with van der Waals surface area (Å²) in [5.74, 6) is 0.267. The molecule has 0 unspecified atom stereocenters. The zero-order valence-corrected chi connectivity index (χ0v) is 11.4. The van der Waals surface area contributed by atoms with Crippen LogP contribution in [0.2, 0.25) is 0 Å². The van der Waals surface area contributed by atoms with Gasteiger partial charge < -0.3 is 9.64 Å². The van der Waals surface area contributed by atoms with Crippen molar-refractivity contribution in [2.45, 2.75) is 6.92 Å². The predicted octanol–water partition coefficient (Wildman–Crippen LogP) is 3.28. The molecule has 0 aliphatic rings. The molecule has 0 radical (unpaired) electrons. The normalized spacial score (nSPS) is 10.1. The maximum atomic E-state index is 12.0. The summed E-state index contributed by atoms with van der Waals surface area (Å²) in [5, 5.41) is 0. The van der Waals surface area contributed by atoms with Gasteiger partial charge in [0.1, 0.15) is 5.75 Å². The highest BCUT2D eigenvalue weighted by molar-refractivity contribution is 5.91. The topological polar surface area (TPSA) is 29.5 Å². The van der Waals surface area contributed by atoms with Crippen LogP contribution < -0.4 is 9.64 Å². The van der Waals surface area contributed by atoms with Crippen LogP contribution in [0, 0.1) is 6.92 Å². The standard InChI is InChI=1S/C16H17NO2/c1-12-6-4-5-7-15(12)19-16(18)13-8-10-14(11-9-13)17(2)3/h4-11H,1-3H3. The number of carbonyl (C=O) groups excluding carboxylic acids is 1. The summed E-state index contributed by atoms with van der Waals surface area (Å²) in [6.45, 7) is 1.91. The number of carbonyl (C=O) groups is 1. The molecule has 0 saturated heterocycles. The Hall–Kier alpha value is -2.29. The number of hydrogen-bond acceptors (Lipinski definition) is 3. The number of hydrogen-bond donors (Lipinski definition) is 0. The van der Waals surface area contributed by atoms with Gasteiger partial charge in [0.2, 0.25) is 0 Å². The fraction of sp³-hybridized carbons (Fsp3) is 0.188. The first kappa shape index (κ1) is 13.1.